The molecule has 1 saturated heterocycles. The van der Waals surface area contributed by atoms with Crippen LogP contribution in [0, 0.1) is 0 Å². The van der Waals surface area contributed by atoms with Crippen LogP contribution in [0.2, 0.25) is 0 Å². The first kappa shape index (κ1) is 7.57. The molecule has 0 amide bonds. The first-order valence-electron chi connectivity index (χ1n) is 5.24. The van der Waals surface area contributed by atoms with E-state index in [0.29, 0.717) is 0 Å². The summed E-state index contributed by atoms with van der Waals surface area (Å²) in [6.45, 7) is 1.21. The molecule has 1 aliphatic heterocycles. The second-order valence-corrected chi connectivity index (χ2v) is 4.28. The van der Waals surface area contributed by atoms with Gasteiger partial charge in [-0.1, -0.05) is 24.3 Å². The Morgan fingerprint density at radius 3 is 3.15 bits per heavy atom. The Hall–Kier alpha value is -0.820. The zero-order valence-electron chi connectivity index (χ0n) is 7.79. The Balaban J connectivity index is 2.06. The van der Waals surface area contributed by atoms with E-state index in [2.05, 4.69) is 29.6 Å². The molecule has 2 bridgehead atoms. The SMILES string of the molecule is c1ccc2c(c1)C[C@@H]1C[C@H]2CCN1. The van der Waals surface area contributed by atoms with E-state index in [-0.39, 0.29) is 0 Å². The molecule has 0 aromatic heterocycles. The van der Waals surface area contributed by atoms with Crippen LogP contribution in [0.5, 0.6) is 0 Å². The minimum atomic E-state index is 0.758. The molecule has 1 heterocycles. The number of hydrogen-bond acceptors (Lipinski definition) is 1. The predicted molar refractivity (Wildman–Crippen MR) is 53.9 cm³/mol. The third-order valence-corrected chi connectivity index (χ3v) is 3.46. The van der Waals surface area contributed by atoms with E-state index >= 15 is 0 Å². The van der Waals surface area contributed by atoms with Gasteiger partial charge in [0.15, 0.2) is 0 Å². The minimum Gasteiger partial charge on any atom is -0.314 e. The number of hydrogen-bond donors (Lipinski definition) is 1. The van der Waals surface area contributed by atoms with Gasteiger partial charge in [0.1, 0.15) is 0 Å². The van der Waals surface area contributed by atoms with Crippen LogP contribution in [-0.4, -0.2) is 12.6 Å². The first-order valence-corrected chi connectivity index (χ1v) is 5.24. The molecule has 0 spiro atoms. The number of nitrogens with one attached hydrogen (secondary N) is 1. The fourth-order valence-corrected chi connectivity index (χ4v) is 2.83. The number of rotatable bonds is 0. The molecule has 1 aliphatic carbocycles. The van der Waals surface area contributed by atoms with E-state index < -0.39 is 0 Å². The summed E-state index contributed by atoms with van der Waals surface area (Å²) in [4.78, 5) is 0. The van der Waals surface area contributed by atoms with Gasteiger partial charge in [-0.25, -0.2) is 0 Å². The minimum absolute atomic E-state index is 0.758. The lowest BCUT2D eigenvalue weighted by Crippen LogP contribution is -2.41. The van der Waals surface area contributed by atoms with Crippen LogP contribution in [-0.2, 0) is 6.42 Å². The van der Waals surface area contributed by atoms with Gasteiger partial charge in [-0.3, -0.25) is 0 Å². The molecule has 2 atom stereocenters. The van der Waals surface area contributed by atoms with Crippen LogP contribution < -0.4 is 5.32 Å². The first-order chi connectivity index (χ1) is 6.43. The van der Waals surface area contributed by atoms with Crippen LogP contribution in [0.15, 0.2) is 24.3 Å². The molecule has 1 aromatic carbocycles. The van der Waals surface area contributed by atoms with E-state index in [1.54, 1.807) is 11.1 Å². The van der Waals surface area contributed by atoms with Crippen molar-refractivity contribution in [2.45, 2.75) is 31.2 Å². The monoisotopic (exact) mass is 173 g/mol. The second kappa shape index (κ2) is 2.85. The van der Waals surface area contributed by atoms with Gasteiger partial charge >= 0.3 is 0 Å². The Bertz CT molecular complexity index is 319. The molecule has 0 radical (unpaired) electrons. The fourth-order valence-electron chi connectivity index (χ4n) is 2.83. The number of fused-ring (bicyclic) bond motifs is 4. The summed E-state index contributed by atoms with van der Waals surface area (Å²) in [5, 5.41) is 3.59. The summed E-state index contributed by atoms with van der Waals surface area (Å²) in [5.41, 5.74) is 3.20. The average molecular weight is 173 g/mol. The number of piperidine rings is 1. The maximum atomic E-state index is 3.59. The van der Waals surface area contributed by atoms with E-state index in [1.807, 2.05) is 0 Å². The summed E-state index contributed by atoms with van der Waals surface area (Å²) < 4.78 is 0. The van der Waals surface area contributed by atoms with E-state index in [9.17, 15) is 0 Å². The fraction of sp³-hybridized carbons (Fsp3) is 0.500. The highest BCUT2D eigenvalue weighted by atomic mass is 14.9. The van der Waals surface area contributed by atoms with E-state index in [4.69, 9.17) is 0 Å². The summed E-state index contributed by atoms with van der Waals surface area (Å²) >= 11 is 0. The van der Waals surface area contributed by atoms with E-state index in [0.717, 1.165) is 12.0 Å². The Labute approximate surface area is 79.2 Å². The Kier molecular flexibility index (Phi) is 1.66. The zero-order valence-corrected chi connectivity index (χ0v) is 7.79. The zero-order chi connectivity index (χ0) is 8.67. The smallest absolute Gasteiger partial charge is 0.0113 e. The molecule has 1 fully saturated rings. The Morgan fingerprint density at radius 1 is 1.23 bits per heavy atom. The maximum absolute atomic E-state index is 3.59. The molecule has 1 aromatic rings. The van der Waals surface area contributed by atoms with Gasteiger partial charge in [0.05, 0.1) is 0 Å². The van der Waals surface area contributed by atoms with Crippen molar-refractivity contribution in [1.82, 2.24) is 5.32 Å². The van der Waals surface area contributed by atoms with Crippen molar-refractivity contribution < 1.29 is 0 Å². The third-order valence-electron chi connectivity index (χ3n) is 3.46. The van der Waals surface area contributed by atoms with Crippen LogP contribution in [0.3, 0.4) is 0 Å². The van der Waals surface area contributed by atoms with Crippen LogP contribution in [0.25, 0.3) is 0 Å². The van der Waals surface area contributed by atoms with Crippen LogP contribution in [0.1, 0.15) is 29.9 Å². The summed E-state index contributed by atoms with van der Waals surface area (Å²) in [5.74, 6) is 0.844. The summed E-state index contributed by atoms with van der Waals surface area (Å²) in [7, 11) is 0. The molecule has 1 nitrogen and oxygen atoms in total. The lowest BCUT2D eigenvalue weighted by atomic mass is 9.76. The van der Waals surface area contributed by atoms with Crippen molar-refractivity contribution >= 4 is 0 Å². The van der Waals surface area contributed by atoms with Gasteiger partial charge < -0.3 is 5.32 Å². The molecule has 2 aliphatic rings. The van der Waals surface area contributed by atoms with Gasteiger partial charge in [-0.05, 0) is 42.9 Å². The second-order valence-electron chi connectivity index (χ2n) is 4.28. The predicted octanol–water partition coefficient (Wildman–Crippen LogP) is 2.08. The largest absolute Gasteiger partial charge is 0.314 e. The summed E-state index contributed by atoms with van der Waals surface area (Å²) in [6, 6.07) is 9.72. The lowest BCUT2D eigenvalue weighted by Gasteiger charge is -2.36. The molecule has 1 heteroatoms. The molecule has 13 heavy (non-hydrogen) atoms. The normalized spacial score (nSPS) is 31.1. The van der Waals surface area contributed by atoms with Crippen molar-refractivity contribution in [3.05, 3.63) is 35.4 Å². The molecule has 0 saturated carbocycles. The quantitative estimate of drug-likeness (QED) is 0.633. The molecule has 3 rings (SSSR count). The van der Waals surface area contributed by atoms with Crippen LogP contribution >= 0.6 is 0 Å². The standard InChI is InChI=1S/C12H15N/c1-2-4-12-9(3-1)7-11-8-10(12)5-6-13-11/h1-4,10-11,13H,5-8H2/t10-,11-/m1/s1. The molecule has 0 unspecified atom stereocenters. The highest BCUT2D eigenvalue weighted by Crippen LogP contribution is 2.35. The van der Waals surface area contributed by atoms with Crippen molar-refractivity contribution in [3.8, 4) is 0 Å². The van der Waals surface area contributed by atoms with Gasteiger partial charge in [0.2, 0.25) is 0 Å². The van der Waals surface area contributed by atoms with Gasteiger partial charge in [0.25, 0.3) is 0 Å². The lowest BCUT2D eigenvalue weighted by molar-refractivity contribution is 0.339. The van der Waals surface area contributed by atoms with Gasteiger partial charge in [0, 0.05) is 6.04 Å². The molecular formula is C12H15N. The topological polar surface area (TPSA) is 12.0 Å². The number of benzene rings is 1. The molecular weight excluding hydrogens is 158 g/mol. The van der Waals surface area contributed by atoms with Crippen molar-refractivity contribution in [2.24, 2.45) is 0 Å². The summed E-state index contributed by atoms with van der Waals surface area (Å²) in [6.07, 6.45) is 3.93. The van der Waals surface area contributed by atoms with Crippen molar-refractivity contribution in [1.29, 1.82) is 0 Å². The third kappa shape index (κ3) is 1.19. The van der Waals surface area contributed by atoms with Crippen molar-refractivity contribution in [2.75, 3.05) is 6.54 Å². The average Bonchev–Trinajstić information content (AvgIpc) is 2.18. The van der Waals surface area contributed by atoms with Gasteiger partial charge in [-0.15, -0.1) is 0 Å². The maximum Gasteiger partial charge on any atom is 0.0113 e. The highest BCUT2D eigenvalue weighted by molar-refractivity contribution is 5.34. The van der Waals surface area contributed by atoms with Crippen LogP contribution in [0.4, 0.5) is 0 Å². The highest BCUT2D eigenvalue weighted by Gasteiger charge is 2.29. The van der Waals surface area contributed by atoms with Gasteiger partial charge in [-0.2, -0.15) is 0 Å². The Morgan fingerprint density at radius 2 is 2.15 bits per heavy atom. The molecule has 68 valence electrons. The van der Waals surface area contributed by atoms with E-state index in [1.165, 1.54) is 25.8 Å². The molecule has 1 N–H and O–H groups in total. The van der Waals surface area contributed by atoms with Crippen molar-refractivity contribution in [3.63, 3.8) is 0 Å².